The number of carbonyl (C=O) groups is 1. The predicted molar refractivity (Wildman–Crippen MR) is 99.7 cm³/mol. The summed E-state index contributed by atoms with van der Waals surface area (Å²) in [6.07, 6.45) is 1.52. The van der Waals surface area contributed by atoms with Gasteiger partial charge in [0.2, 0.25) is 11.1 Å². The van der Waals surface area contributed by atoms with Crippen molar-refractivity contribution in [2.24, 2.45) is 0 Å². The summed E-state index contributed by atoms with van der Waals surface area (Å²) < 4.78 is 14.6. The molecule has 0 bridgehead atoms. The van der Waals surface area contributed by atoms with Gasteiger partial charge in [-0.1, -0.05) is 30.0 Å². The molecule has 1 aromatic carbocycles. The minimum absolute atomic E-state index is 0.0788. The van der Waals surface area contributed by atoms with Crippen LogP contribution in [0.2, 0.25) is 0 Å². The first-order valence-electron chi connectivity index (χ1n) is 8.13. The second-order valence-corrected chi connectivity index (χ2v) is 7.50. The molecule has 0 fully saturated rings. The number of thiophene rings is 1. The molecule has 0 aliphatic heterocycles. The SMILES string of the molecule is O=C(CSc1nnnn1CCc1cccs1)NCCc1ccc(F)cc1. The zero-order chi connectivity index (χ0) is 18.2. The van der Waals surface area contributed by atoms with Gasteiger partial charge in [0.1, 0.15) is 5.82 Å². The maximum absolute atomic E-state index is 12.8. The number of rotatable bonds is 9. The Morgan fingerprint density at radius 1 is 1.23 bits per heavy atom. The predicted octanol–water partition coefficient (Wildman–Crippen LogP) is 2.57. The lowest BCUT2D eigenvalue weighted by molar-refractivity contribution is -0.118. The van der Waals surface area contributed by atoms with Gasteiger partial charge in [0, 0.05) is 17.8 Å². The topological polar surface area (TPSA) is 72.7 Å². The van der Waals surface area contributed by atoms with Crippen molar-refractivity contribution >= 4 is 29.0 Å². The molecule has 1 N–H and O–H groups in total. The van der Waals surface area contributed by atoms with E-state index in [0.717, 1.165) is 12.0 Å². The summed E-state index contributed by atoms with van der Waals surface area (Å²) in [4.78, 5) is 13.2. The molecule has 3 rings (SSSR count). The number of carbonyl (C=O) groups excluding carboxylic acids is 1. The third-order valence-corrected chi connectivity index (χ3v) is 5.52. The second-order valence-electron chi connectivity index (χ2n) is 5.53. The average molecular weight is 391 g/mol. The Hall–Kier alpha value is -2.26. The molecule has 0 aliphatic rings. The maximum atomic E-state index is 12.8. The molecule has 1 amide bonds. The number of halogens is 1. The highest BCUT2D eigenvalue weighted by Gasteiger charge is 2.10. The van der Waals surface area contributed by atoms with Crippen LogP contribution in [0.3, 0.4) is 0 Å². The van der Waals surface area contributed by atoms with E-state index in [9.17, 15) is 9.18 Å². The highest BCUT2D eigenvalue weighted by molar-refractivity contribution is 7.99. The summed E-state index contributed by atoms with van der Waals surface area (Å²) in [7, 11) is 0. The van der Waals surface area contributed by atoms with Crippen LogP contribution in [0.5, 0.6) is 0 Å². The van der Waals surface area contributed by atoms with Crippen molar-refractivity contribution in [3.63, 3.8) is 0 Å². The van der Waals surface area contributed by atoms with E-state index in [1.54, 1.807) is 28.2 Å². The summed E-state index contributed by atoms with van der Waals surface area (Å²) in [6.45, 7) is 1.19. The average Bonchev–Trinajstić information content (AvgIpc) is 3.31. The Morgan fingerprint density at radius 2 is 2.08 bits per heavy atom. The fraction of sp³-hybridized carbons (Fsp3) is 0.294. The van der Waals surface area contributed by atoms with Crippen LogP contribution < -0.4 is 5.32 Å². The van der Waals surface area contributed by atoms with E-state index in [-0.39, 0.29) is 17.5 Å². The van der Waals surface area contributed by atoms with Crippen molar-refractivity contribution in [3.05, 3.63) is 58.0 Å². The molecule has 0 radical (unpaired) electrons. The minimum Gasteiger partial charge on any atom is -0.355 e. The third kappa shape index (κ3) is 5.63. The lowest BCUT2D eigenvalue weighted by Crippen LogP contribution is -2.27. The van der Waals surface area contributed by atoms with Crippen molar-refractivity contribution in [2.75, 3.05) is 12.3 Å². The first kappa shape index (κ1) is 18.5. The first-order chi connectivity index (χ1) is 12.7. The largest absolute Gasteiger partial charge is 0.355 e. The molecule has 3 aromatic rings. The molecule has 0 saturated carbocycles. The highest BCUT2D eigenvalue weighted by Crippen LogP contribution is 2.15. The number of benzene rings is 1. The summed E-state index contributed by atoms with van der Waals surface area (Å²) in [5, 5.41) is 17.2. The van der Waals surface area contributed by atoms with Crippen LogP contribution in [0, 0.1) is 5.82 Å². The zero-order valence-corrected chi connectivity index (χ0v) is 15.6. The molecule has 0 aliphatic carbocycles. The van der Waals surface area contributed by atoms with Gasteiger partial charge in [0.05, 0.1) is 12.3 Å². The van der Waals surface area contributed by atoms with Gasteiger partial charge in [0.25, 0.3) is 0 Å². The summed E-state index contributed by atoms with van der Waals surface area (Å²) in [5.74, 6) is -0.0844. The van der Waals surface area contributed by atoms with Crippen LogP contribution in [0.4, 0.5) is 4.39 Å². The second kappa shape index (κ2) is 9.44. The molecular formula is C17H18FN5OS2. The molecule has 0 spiro atoms. The Morgan fingerprint density at radius 3 is 2.85 bits per heavy atom. The fourth-order valence-electron chi connectivity index (χ4n) is 2.29. The molecule has 0 unspecified atom stereocenters. The summed E-state index contributed by atoms with van der Waals surface area (Å²) in [5.41, 5.74) is 0.983. The maximum Gasteiger partial charge on any atom is 0.230 e. The van der Waals surface area contributed by atoms with Gasteiger partial charge in [-0.2, -0.15) is 0 Å². The molecule has 2 aromatic heterocycles. The molecule has 2 heterocycles. The van der Waals surface area contributed by atoms with E-state index in [2.05, 4.69) is 26.9 Å². The quantitative estimate of drug-likeness (QED) is 0.568. The lowest BCUT2D eigenvalue weighted by atomic mass is 10.1. The molecule has 0 atom stereocenters. The smallest absolute Gasteiger partial charge is 0.230 e. The molecule has 9 heteroatoms. The number of amides is 1. The van der Waals surface area contributed by atoms with Crippen LogP contribution in [0.1, 0.15) is 10.4 Å². The van der Waals surface area contributed by atoms with Crippen LogP contribution in [0.15, 0.2) is 46.9 Å². The third-order valence-electron chi connectivity index (χ3n) is 3.63. The van der Waals surface area contributed by atoms with E-state index < -0.39 is 0 Å². The number of nitrogens with one attached hydrogen (secondary N) is 1. The number of hydrogen-bond acceptors (Lipinski definition) is 6. The molecule has 6 nitrogen and oxygen atoms in total. The summed E-state index contributed by atoms with van der Waals surface area (Å²) >= 11 is 3.02. The van der Waals surface area contributed by atoms with Crippen molar-refractivity contribution in [1.82, 2.24) is 25.5 Å². The van der Waals surface area contributed by atoms with Crippen LogP contribution in [0.25, 0.3) is 0 Å². The lowest BCUT2D eigenvalue weighted by Gasteiger charge is -2.06. The number of aromatic nitrogens is 4. The van der Waals surface area contributed by atoms with Gasteiger partial charge in [-0.25, -0.2) is 9.07 Å². The van der Waals surface area contributed by atoms with Crippen molar-refractivity contribution in [2.45, 2.75) is 24.5 Å². The highest BCUT2D eigenvalue weighted by atomic mass is 32.2. The van der Waals surface area contributed by atoms with Crippen molar-refractivity contribution < 1.29 is 9.18 Å². The number of tetrazole rings is 1. The van der Waals surface area contributed by atoms with Gasteiger partial charge < -0.3 is 5.32 Å². The van der Waals surface area contributed by atoms with E-state index in [1.807, 2.05) is 11.4 Å². The monoisotopic (exact) mass is 391 g/mol. The van der Waals surface area contributed by atoms with Crippen LogP contribution in [-0.4, -0.2) is 38.4 Å². The van der Waals surface area contributed by atoms with Crippen molar-refractivity contribution in [3.8, 4) is 0 Å². The Labute approximate surface area is 158 Å². The fourth-order valence-corrected chi connectivity index (χ4v) is 3.72. The Kier molecular flexibility index (Phi) is 6.73. The van der Waals surface area contributed by atoms with Gasteiger partial charge in [0.15, 0.2) is 0 Å². The Bertz CT molecular complexity index is 820. The van der Waals surface area contributed by atoms with Gasteiger partial charge >= 0.3 is 0 Å². The Balaban J connectivity index is 1.39. The first-order valence-corrected chi connectivity index (χ1v) is 10.00. The van der Waals surface area contributed by atoms with Gasteiger partial charge in [-0.05, 0) is 46.0 Å². The van der Waals surface area contributed by atoms with Crippen LogP contribution in [-0.2, 0) is 24.2 Å². The standard InChI is InChI=1S/C17H18FN5OS2/c18-14-5-3-13(4-6-14)7-9-19-16(24)12-26-17-20-21-22-23(17)10-8-15-2-1-11-25-15/h1-6,11H,7-10,12H2,(H,19,24). The zero-order valence-electron chi connectivity index (χ0n) is 14.0. The van der Waals surface area contributed by atoms with E-state index in [1.165, 1.54) is 28.8 Å². The number of thioether (sulfide) groups is 1. The normalized spacial score (nSPS) is 10.8. The summed E-state index contributed by atoms with van der Waals surface area (Å²) in [6, 6.07) is 10.4. The molecule has 26 heavy (non-hydrogen) atoms. The number of hydrogen-bond donors (Lipinski definition) is 1. The van der Waals surface area contributed by atoms with E-state index in [0.29, 0.717) is 24.7 Å². The minimum atomic E-state index is -0.258. The van der Waals surface area contributed by atoms with Gasteiger partial charge in [-0.15, -0.1) is 16.4 Å². The van der Waals surface area contributed by atoms with E-state index >= 15 is 0 Å². The molecular weight excluding hydrogens is 373 g/mol. The van der Waals surface area contributed by atoms with Crippen LogP contribution >= 0.6 is 23.1 Å². The van der Waals surface area contributed by atoms with E-state index in [4.69, 9.17) is 0 Å². The number of nitrogens with zero attached hydrogens (tertiary/aromatic N) is 4. The van der Waals surface area contributed by atoms with Gasteiger partial charge in [-0.3, -0.25) is 4.79 Å². The molecule has 0 saturated heterocycles. The van der Waals surface area contributed by atoms with Crippen molar-refractivity contribution in [1.29, 1.82) is 0 Å². The molecule has 136 valence electrons. The number of aryl methyl sites for hydroxylation is 2.